The van der Waals surface area contributed by atoms with E-state index in [-0.39, 0.29) is 5.60 Å². The predicted octanol–water partition coefficient (Wildman–Crippen LogP) is 4.17. The molecule has 0 N–H and O–H groups in total. The Labute approximate surface area is 93.5 Å². The van der Waals surface area contributed by atoms with E-state index < -0.39 is 0 Å². The predicted molar refractivity (Wildman–Crippen MR) is 64.8 cm³/mol. The maximum absolute atomic E-state index is 6.06. The van der Waals surface area contributed by atoms with E-state index in [9.17, 15) is 0 Å². The highest BCUT2D eigenvalue weighted by Crippen LogP contribution is 2.25. The Morgan fingerprint density at radius 3 is 1.93 bits per heavy atom. The van der Waals surface area contributed by atoms with Gasteiger partial charge in [-0.1, -0.05) is 51.1 Å². The first-order valence-electron chi connectivity index (χ1n) is 5.94. The summed E-state index contributed by atoms with van der Waals surface area (Å²) < 4.78 is 6.06. The molecule has 0 radical (unpaired) electrons. The van der Waals surface area contributed by atoms with Gasteiger partial charge in [0.15, 0.2) is 0 Å². The zero-order chi connectivity index (χ0) is 11.1. The molecule has 1 nitrogen and oxygen atoms in total. The molecule has 0 aliphatic heterocycles. The molecule has 0 spiro atoms. The van der Waals surface area contributed by atoms with Crippen molar-refractivity contribution in [3.63, 3.8) is 0 Å². The normalized spacial score (nSPS) is 11.7. The van der Waals surface area contributed by atoms with Crippen molar-refractivity contribution >= 4 is 0 Å². The molecule has 0 aliphatic rings. The first-order valence-corrected chi connectivity index (χ1v) is 5.94. The van der Waals surface area contributed by atoms with E-state index in [0.717, 1.165) is 25.9 Å². The third-order valence-corrected chi connectivity index (χ3v) is 3.32. The Morgan fingerprint density at radius 2 is 1.47 bits per heavy atom. The van der Waals surface area contributed by atoms with Crippen molar-refractivity contribution in [2.75, 3.05) is 0 Å². The van der Waals surface area contributed by atoms with Crippen LogP contribution < -0.4 is 0 Å². The monoisotopic (exact) mass is 206 g/mol. The molecule has 0 saturated heterocycles. The Kier molecular flexibility index (Phi) is 4.83. The van der Waals surface area contributed by atoms with Gasteiger partial charge in [0.2, 0.25) is 0 Å². The fourth-order valence-corrected chi connectivity index (χ4v) is 1.87. The van der Waals surface area contributed by atoms with E-state index in [1.165, 1.54) is 5.56 Å². The molecule has 1 heteroatoms. The van der Waals surface area contributed by atoms with Crippen molar-refractivity contribution in [3.05, 3.63) is 35.9 Å². The summed E-state index contributed by atoms with van der Waals surface area (Å²) in [5.74, 6) is 0. The van der Waals surface area contributed by atoms with Crippen LogP contribution in [0, 0.1) is 0 Å². The lowest BCUT2D eigenvalue weighted by atomic mass is 9.94. The Bertz CT molecular complexity index is 254. The van der Waals surface area contributed by atoms with Crippen LogP contribution in [0.25, 0.3) is 0 Å². The van der Waals surface area contributed by atoms with Crippen molar-refractivity contribution < 1.29 is 4.74 Å². The van der Waals surface area contributed by atoms with Crippen molar-refractivity contribution in [1.82, 2.24) is 0 Å². The van der Waals surface area contributed by atoms with Gasteiger partial charge in [0.1, 0.15) is 0 Å². The quantitative estimate of drug-likeness (QED) is 0.678. The van der Waals surface area contributed by atoms with Crippen LogP contribution in [0.4, 0.5) is 0 Å². The molecule has 0 fully saturated rings. The van der Waals surface area contributed by atoms with E-state index in [0.29, 0.717) is 0 Å². The molecule has 0 amide bonds. The Hall–Kier alpha value is -0.820. The van der Waals surface area contributed by atoms with Crippen molar-refractivity contribution in [2.45, 2.75) is 52.2 Å². The van der Waals surface area contributed by atoms with E-state index in [1.807, 2.05) is 6.07 Å². The Morgan fingerprint density at radius 1 is 0.933 bits per heavy atom. The zero-order valence-electron chi connectivity index (χ0n) is 10.1. The molecule has 0 aliphatic carbocycles. The molecule has 84 valence electrons. The minimum absolute atomic E-state index is 0.0792. The summed E-state index contributed by atoms with van der Waals surface area (Å²) in [6.45, 7) is 7.35. The molecule has 1 aromatic rings. The molecular formula is C14H22O. The standard InChI is InChI=1S/C14H22O/c1-4-14(5-2,6-3)15-12-13-10-8-7-9-11-13/h7-11H,4-6,12H2,1-3H3. The van der Waals surface area contributed by atoms with Crippen LogP contribution >= 0.6 is 0 Å². The van der Waals surface area contributed by atoms with Gasteiger partial charge in [-0.3, -0.25) is 0 Å². The molecule has 1 rings (SSSR count). The van der Waals surface area contributed by atoms with Gasteiger partial charge in [0.25, 0.3) is 0 Å². The molecule has 0 bridgehead atoms. The largest absolute Gasteiger partial charge is 0.370 e. The van der Waals surface area contributed by atoms with Gasteiger partial charge in [-0.2, -0.15) is 0 Å². The summed E-state index contributed by atoms with van der Waals surface area (Å²) in [6, 6.07) is 10.4. The van der Waals surface area contributed by atoms with Gasteiger partial charge in [0.05, 0.1) is 12.2 Å². The van der Waals surface area contributed by atoms with Crippen molar-refractivity contribution in [3.8, 4) is 0 Å². The maximum atomic E-state index is 6.06. The van der Waals surface area contributed by atoms with Crippen LogP contribution in [0.1, 0.15) is 45.6 Å². The fraction of sp³-hybridized carbons (Fsp3) is 0.571. The van der Waals surface area contributed by atoms with Gasteiger partial charge in [0, 0.05) is 0 Å². The highest BCUT2D eigenvalue weighted by Gasteiger charge is 2.24. The highest BCUT2D eigenvalue weighted by molar-refractivity contribution is 5.13. The van der Waals surface area contributed by atoms with E-state index in [2.05, 4.69) is 45.0 Å². The molecule has 1 aromatic carbocycles. The van der Waals surface area contributed by atoms with Crippen molar-refractivity contribution in [2.24, 2.45) is 0 Å². The first kappa shape index (κ1) is 12.3. The summed E-state index contributed by atoms with van der Waals surface area (Å²) in [5, 5.41) is 0. The lowest BCUT2D eigenvalue weighted by Gasteiger charge is -2.30. The van der Waals surface area contributed by atoms with Crippen LogP contribution in [0.5, 0.6) is 0 Å². The molecule has 0 aromatic heterocycles. The number of rotatable bonds is 6. The van der Waals surface area contributed by atoms with Gasteiger partial charge in [-0.05, 0) is 24.8 Å². The second-order valence-electron chi connectivity index (χ2n) is 4.02. The first-order chi connectivity index (χ1) is 7.26. The summed E-state index contributed by atoms with van der Waals surface area (Å²) in [4.78, 5) is 0. The SMILES string of the molecule is CCC(CC)(CC)OCc1ccccc1. The second-order valence-corrected chi connectivity index (χ2v) is 4.02. The average Bonchev–Trinajstić information content (AvgIpc) is 2.33. The Balaban J connectivity index is 2.54. The summed E-state index contributed by atoms with van der Waals surface area (Å²) in [6.07, 6.45) is 3.27. The third kappa shape index (κ3) is 3.35. The number of hydrogen-bond acceptors (Lipinski definition) is 1. The molecule has 0 atom stereocenters. The van der Waals surface area contributed by atoms with Gasteiger partial charge < -0.3 is 4.74 Å². The number of ether oxygens (including phenoxy) is 1. The van der Waals surface area contributed by atoms with E-state index in [4.69, 9.17) is 4.74 Å². The third-order valence-electron chi connectivity index (χ3n) is 3.32. The summed E-state index contributed by atoms with van der Waals surface area (Å²) in [5.41, 5.74) is 1.34. The van der Waals surface area contributed by atoms with Gasteiger partial charge in [-0.15, -0.1) is 0 Å². The van der Waals surface area contributed by atoms with Crippen LogP contribution in [0.15, 0.2) is 30.3 Å². The number of benzene rings is 1. The fourth-order valence-electron chi connectivity index (χ4n) is 1.87. The van der Waals surface area contributed by atoms with Crippen LogP contribution in [-0.2, 0) is 11.3 Å². The molecule has 0 heterocycles. The molecule has 0 unspecified atom stereocenters. The smallest absolute Gasteiger partial charge is 0.0724 e. The highest BCUT2D eigenvalue weighted by atomic mass is 16.5. The zero-order valence-corrected chi connectivity index (χ0v) is 10.1. The molecular weight excluding hydrogens is 184 g/mol. The maximum Gasteiger partial charge on any atom is 0.0724 e. The van der Waals surface area contributed by atoms with E-state index in [1.54, 1.807) is 0 Å². The topological polar surface area (TPSA) is 9.23 Å². The summed E-state index contributed by atoms with van der Waals surface area (Å²) >= 11 is 0. The van der Waals surface area contributed by atoms with Gasteiger partial charge >= 0.3 is 0 Å². The summed E-state index contributed by atoms with van der Waals surface area (Å²) in [7, 11) is 0. The van der Waals surface area contributed by atoms with Gasteiger partial charge in [-0.25, -0.2) is 0 Å². The van der Waals surface area contributed by atoms with E-state index >= 15 is 0 Å². The lowest BCUT2D eigenvalue weighted by molar-refractivity contribution is -0.0648. The van der Waals surface area contributed by atoms with Crippen molar-refractivity contribution in [1.29, 1.82) is 0 Å². The van der Waals surface area contributed by atoms with Crippen LogP contribution in [0.2, 0.25) is 0 Å². The minimum Gasteiger partial charge on any atom is -0.370 e. The van der Waals surface area contributed by atoms with Crippen LogP contribution in [0.3, 0.4) is 0 Å². The average molecular weight is 206 g/mol. The second kappa shape index (κ2) is 5.92. The number of hydrogen-bond donors (Lipinski definition) is 0. The minimum atomic E-state index is 0.0792. The molecule has 0 saturated carbocycles. The molecule has 15 heavy (non-hydrogen) atoms. The lowest BCUT2D eigenvalue weighted by Crippen LogP contribution is -2.29. The van der Waals surface area contributed by atoms with Crippen LogP contribution in [-0.4, -0.2) is 5.60 Å².